The topological polar surface area (TPSA) is 107 Å². The number of thiocarbonyl (C=S) groups is 1. The van der Waals surface area contributed by atoms with Crippen molar-refractivity contribution in [2.75, 3.05) is 35.5 Å². The molecule has 0 aliphatic heterocycles. The highest BCUT2D eigenvalue weighted by atomic mass is 32.1. The average Bonchev–Trinajstić information content (AvgIpc) is 3.61. The third-order valence-electron chi connectivity index (χ3n) is 6.87. The van der Waals surface area contributed by atoms with Crippen molar-refractivity contribution in [3.8, 4) is 17.2 Å². The quantitative estimate of drug-likeness (QED) is 0.308. The zero-order valence-corrected chi connectivity index (χ0v) is 23.8. The highest BCUT2D eigenvalue weighted by molar-refractivity contribution is 7.80. The lowest BCUT2D eigenvalue weighted by atomic mass is 9.76. The van der Waals surface area contributed by atoms with Crippen molar-refractivity contribution >= 4 is 29.3 Å². The van der Waals surface area contributed by atoms with Gasteiger partial charge in [-0.25, -0.2) is 14.6 Å². The van der Waals surface area contributed by atoms with Crippen LogP contribution in [0.2, 0.25) is 0 Å². The van der Waals surface area contributed by atoms with Crippen molar-refractivity contribution in [1.29, 1.82) is 0 Å². The van der Waals surface area contributed by atoms with Crippen LogP contribution >= 0.6 is 12.2 Å². The summed E-state index contributed by atoms with van der Waals surface area (Å²) in [6, 6.07) is 0. The molecule has 1 fully saturated rings. The molecule has 1 aliphatic rings. The van der Waals surface area contributed by atoms with E-state index >= 15 is 0 Å². The largest absolute Gasteiger partial charge is 0.495 e. The van der Waals surface area contributed by atoms with Crippen LogP contribution in [-0.4, -0.2) is 68.3 Å². The number of carbonyl (C=O) groups is 2. The van der Waals surface area contributed by atoms with Gasteiger partial charge in [0.1, 0.15) is 35.1 Å². The Morgan fingerprint density at radius 2 is 1.55 bits per heavy atom. The molecule has 10 nitrogen and oxygen atoms in total. The molecule has 0 saturated heterocycles. The van der Waals surface area contributed by atoms with Crippen LogP contribution in [0.15, 0.2) is 18.7 Å². The normalized spacial score (nSPS) is 17.6. The molecular weight excluding hydrogens is 512 g/mol. The first-order valence-corrected chi connectivity index (χ1v) is 12.9. The lowest BCUT2D eigenvalue weighted by molar-refractivity contribution is 0.0585. The minimum Gasteiger partial charge on any atom is -0.495 e. The van der Waals surface area contributed by atoms with Crippen molar-refractivity contribution < 1.29 is 38.0 Å². The van der Waals surface area contributed by atoms with Gasteiger partial charge in [-0.1, -0.05) is 13.8 Å². The molecule has 0 amide bonds. The van der Waals surface area contributed by atoms with Gasteiger partial charge < -0.3 is 28.4 Å². The van der Waals surface area contributed by atoms with E-state index in [-0.39, 0.29) is 52.2 Å². The van der Waals surface area contributed by atoms with Gasteiger partial charge in [0.2, 0.25) is 0 Å². The molecule has 0 radical (unpaired) electrons. The number of aromatic nitrogens is 2. The Morgan fingerprint density at radius 3 is 2.00 bits per heavy atom. The van der Waals surface area contributed by atoms with Gasteiger partial charge in [-0.2, -0.15) is 0 Å². The zero-order chi connectivity index (χ0) is 28.0. The zero-order valence-electron chi connectivity index (χ0n) is 22.9. The maximum atomic E-state index is 13.1. The highest BCUT2D eigenvalue weighted by Gasteiger charge is 2.43. The van der Waals surface area contributed by atoms with Crippen molar-refractivity contribution in [2.24, 2.45) is 11.8 Å². The Bertz CT molecular complexity index is 1100. The number of ether oxygens (including phenoxy) is 6. The molecule has 1 saturated carbocycles. The minimum absolute atomic E-state index is 0.00754. The number of carbonyl (C=O) groups excluding carboxylic acids is 2. The van der Waals surface area contributed by atoms with Crippen LogP contribution in [0.25, 0.3) is 0 Å². The summed E-state index contributed by atoms with van der Waals surface area (Å²) in [6.07, 6.45) is 8.01. The van der Waals surface area contributed by atoms with Gasteiger partial charge in [0.25, 0.3) is 5.17 Å². The maximum Gasteiger partial charge on any atom is 0.345 e. The van der Waals surface area contributed by atoms with E-state index in [1.54, 1.807) is 23.3 Å². The molecule has 11 heteroatoms. The van der Waals surface area contributed by atoms with Crippen molar-refractivity contribution in [1.82, 2.24) is 9.55 Å². The van der Waals surface area contributed by atoms with Crippen LogP contribution in [0.5, 0.6) is 17.2 Å². The van der Waals surface area contributed by atoms with Gasteiger partial charge in [-0.15, -0.1) is 0 Å². The van der Waals surface area contributed by atoms with Crippen molar-refractivity contribution in [2.45, 2.75) is 51.6 Å². The number of nitrogens with zero attached hydrogens (tertiary/aromatic N) is 2. The second kappa shape index (κ2) is 12.9. The van der Waals surface area contributed by atoms with E-state index in [2.05, 4.69) is 18.8 Å². The molecule has 3 atom stereocenters. The first kappa shape index (κ1) is 29.2. The van der Waals surface area contributed by atoms with E-state index in [4.69, 9.17) is 40.6 Å². The van der Waals surface area contributed by atoms with E-state index in [0.29, 0.717) is 17.2 Å². The Balaban J connectivity index is 2.28. The van der Waals surface area contributed by atoms with Crippen LogP contribution in [0.1, 0.15) is 71.7 Å². The van der Waals surface area contributed by atoms with Gasteiger partial charge >= 0.3 is 11.9 Å². The highest BCUT2D eigenvalue weighted by Crippen LogP contribution is 2.53. The SMILES string of the molecule is COC(=O)c1c(OC)c(C(=O)OC)c(OC)c([C@@H](CC(C)C)[C@H]2CCC[C@@H]2OC(=S)n2ccnc2)c1OC. The monoisotopic (exact) mass is 548 g/mol. The van der Waals surface area contributed by atoms with Crippen LogP contribution in [-0.2, 0) is 14.2 Å². The minimum atomic E-state index is -0.712. The second-order valence-corrected chi connectivity index (χ2v) is 9.82. The molecule has 0 N–H and O–H groups in total. The van der Waals surface area contributed by atoms with E-state index < -0.39 is 11.9 Å². The number of hydrogen-bond donors (Lipinski definition) is 0. The number of hydrogen-bond acceptors (Lipinski definition) is 10. The molecule has 1 aliphatic carbocycles. The fourth-order valence-electron chi connectivity index (χ4n) is 5.38. The molecule has 208 valence electrons. The first-order valence-electron chi connectivity index (χ1n) is 12.4. The molecule has 1 aromatic carbocycles. The molecule has 38 heavy (non-hydrogen) atoms. The summed E-state index contributed by atoms with van der Waals surface area (Å²) in [5.41, 5.74) is 0.554. The Kier molecular flexibility index (Phi) is 9.96. The number of imidazole rings is 1. The van der Waals surface area contributed by atoms with Gasteiger partial charge in [0.15, 0.2) is 5.75 Å². The smallest absolute Gasteiger partial charge is 0.345 e. The molecule has 2 aromatic rings. The molecule has 1 aromatic heterocycles. The first-order chi connectivity index (χ1) is 18.2. The van der Waals surface area contributed by atoms with Gasteiger partial charge in [0.05, 0.1) is 35.5 Å². The average molecular weight is 549 g/mol. The summed E-state index contributed by atoms with van der Waals surface area (Å²) in [7, 11) is 6.80. The number of benzene rings is 1. The number of methoxy groups -OCH3 is 5. The van der Waals surface area contributed by atoms with E-state index in [1.165, 1.54) is 35.5 Å². The maximum absolute atomic E-state index is 13.1. The fraction of sp³-hybridized carbons (Fsp3) is 0.556. The van der Waals surface area contributed by atoms with Gasteiger partial charge in [-0.3, -0.25) is 4.57 Å². The molecule has 0 spiro atoms. The fourth-order valence-corrected chi connectivity index (χ4v) is 5.61. The molecular formula is C27H36N2O8S. The molecule has 0 unspecified atom stereocenters. The van der Waals surface area contributed by atoms with Crippen LogP contribution in [0, 0.1) is 11.8 Å². The van der Waals surface area contributed by atoms with E-state index in [9.17, 15) is 9.59 Å². The van der Waals surface area contributed by atoms with E-state index in [0.717, 1.165) is 19.3 Å². The molecule has 0 bridgehead atoms. The third-order valence-corrected chi connectivity index (χ3v) is 7.18. The number of rotatable bonds is 10. The van der Waals surface area contributed by atoms with Crippen LogP contribution in [0.3, 0.4) is 0 Å². The standard InChI is InChI=1S/C27H36N2O8S/c1-15(2)13-17(16-9-8-10-18(16)37-27(38)29-12-11-28-14-29)19-22(32-3)20(25(30)35-6)24(34-5)21(23(19)33-4)26(31)36-7/h11-12,14-18H,8-10,13H2,1-7H3/t16-,17+,18+/m1/s1. The summed E-state index contributed by atoms with van der Waals surface area (Å²) in [5, 5.41) is 0.307. The van der Waals surface area contributed by atoms with Gasteiger partial charge in [-0.05, 0) is 49.7 Å². The Morgan fingerprint density at radius 1 is 0.974 bits per heavy atom. The Labute approximate surface area is 228 Å². The second-order valence-electron chi connectivity index (χ2n) is 9.47. The summed E-state index contributed by atoms with van der Waals surface area (Å²) < 4.78 is 35.4. The predicted molar refractivity (Wildman–Crippen MR) is 143 cm³/mol. The number of esters is 2. The lowest BCUT2D eigenvalue weighted by Crippen LogP contribution is -2.30. The summed E-state index contributed by atoms with van der Waals surface area (Å²) in [6.45, 7) is 4.22. The summed E-state index contributed by atoms with van der Waals surface area (Å²) in [4.78, 5) is 30.2. The van der Waals surface area contributed by atoms with Crippen molar-refractivity contribution in [3.05, 3.63) is 35.4 Å². The Hall–Kier alpha value is -3.34. The summed E-state index contributed by atoms with van der Waals surface area (Å²) >= 11 is 5.54. The van der Waals surface area contributed by atoms with E-state index in [1.807, 2.05) is 0 Å². The third kappa shape index (κ3) is 5.72. The van der Waals surface area contributed by atoms with Crippen molar-refractivity contribution in [3.63, 3.8) is 0 Å². The predicted octanol–water partition coefficient (Wildman–Crippen LogP) is 4.63. The van der Waals surface area contributed by atoms with Crippen LogP contribution in [0.4, 0.5) is 0 Å². The lowest BCUT2D eigenvalue weighted by Gasteiger charge is -2.34. The van der Waals surface area contributed by atoms with Crippen LogP contribution < -0.4 is 14.2 Å². The summed E-state index contributed by atoms with van der Waals surface area (Å²) in [5.74, 6) is -1.00. The molecule has 1 heterocycles. The molecule has 3 rings (SSSR count). The van der Waals surface area contributed by atoms with Gasteiger partial charge in [0, 0.05) is 23.9 Å².